The third-order valence-corrected chi connectivity index (χ3v) is 1.71. The molecule has 0 N–H and O–H groups in total. The summed E-state index contributed by atoms with van der Waals surface area (Å²) in [6.07, 6.45) is 4.00. The molecule has 0 bridgehead atoms. The summed E-state index contributed by atoms with van der Waals surface area (Å²) in [5.74, 6) is -0.547. The van der Waals surface area contributed by atoms with Gasteiger partial charge in [0, 0.05) is 12.2 Å². The molecule has 1 unspecified atom stereocenters. The fourth-order valence-corrected chi connectivity index (χ4v) is 0.577. The van der Waals surface area contributed by atoms with E-state index in [4.69, 9.17) is 4.74 Å². The first kappa shape index (κ1) is 18.2. The van der Waals surface area contributed by atoms with Crippen LogP contribution in [-0.4, -0.2) is 18.9 Å². The first-order valence-electron chi connectivity index (χ1n) is 5.77. The summed E-state index contributed by atoms with van der Waals surface area (Å²) in [6.45, 7) is 13.3. The molecular weight excluding hydrogens is 220 g/mol. The van der Waals surface area contributed by atoms with Gasteiger partial charge < -0.3 is 4.74 Å². The van der Waals surface area contributed by atoms with Crippen LogP contribution >= 0.6 is 0 Å². The van der Waals surface area contributed by atoms with E-state index in [1.54, 1.807) is 6.92 Å². The Kier molecular flexibility index (Phi) is 13.9. The zero-order chi connectivity index (χ0) is 13.7. The Bertz CT molecular complexity index is 230. The monoisotopic (exact) mass is 244 g/mol. The van der Waals surface area contributed by atoms with Gasteiger partial charge in [-0.3, -0.25) is 4.89 Å². The van der Waals surface area contributed by atoms with Crippen molar-refractivity contribution in [1.82, 2.24) is 0 Å². The van der Waals surface area contributed by atoms with Crippen LogP contribution in [0.2, 0.25) is 0 Å². The second kappa shape index (κ2) is 12.9. The summed E-state index contributed by atoms with van der Waals surface area (Å²) in [4.78, 5) is 20.1. The molecule has 4 nitrogen and oxygen atoms in total. The van der Waals surface area contributed by atoms with E-state index in [1.165, 1.54) is 0 Å². The molecule has 0 aromatic heterocycles. The van der Waals surface area contributed by atoms with Crippen molar-refractivity contribution in [2.75, 3.05) is 6.61 Å². The van der Waals surface area contributed by atoms with Crippen LogP contribution in [0.3, 0.4) is 0 Å². The van der Waals surface area contributed by atoms with E-state index in [2.05, 4.69) is 16.4 Å². The van der Waals surface area contributed by atoms with Crippen molar-refractivity contribution >= 4 is 5.97 Å². The van der Waals surface area contributed by atoms with Gasteiger partial charge in [-0.1, -0.05) is 25.7 Å². The number of carbonyl (C=O) groups excluding carboxylic acids is 1. The van der Waals surface area contributed by atoms with Gasteiger partial charge in [-0.25, -0.2) is 4.79 Å². The van der Waals surface area contributed by atoms with Crippen molar-refractivity contribution in [2.45, 2.75) is 47.3 Å². The van der Waals surface area contributed by atoms with Gasteiger partial charge in [0.05, 0.1) is 0 Å². The molecule has 0 aromatic carbocycles. The molecule has 0 radical (unpaired) electrons. The van der Waals surface area contributed by atoms with Crippen molar-refractivity contribution in [3.8, 4) is 0 Å². The number of rotatable bonds is 6. The fraction of sp³-hybridized carbons (Fsp3) is 0.615. The standard InChI is InChI=1S/C9H16O4.C4H8/c1-5-7(3)9(10)13-12-8(4)11-6-2;1-3-4-2/h8H,3,5-6H2,1-2,4H3;3-4H,1-2H3. The minimum Gasteiger partial charge on any atom is -0.349 e. The number of ether oxygens (including phenoxy) is 1. The minimum atomic E-state index is -0.547. The quantitative estimate of drug-likeness (QED) is 0.236. The third kappa shape index (κ3) is 12.8. The van der Waals surface area contributed by atoms with Crippen LogP contribution in [0, 0.1) is 0 Å². The lowest BCUT2D eigenvalue weighted by atomic mass is 10.2. The smallest absolute Gasteiger partial charge is 0.349 e. The zero-order valence-electron chi connectivity index (χ0n) is 11.5. The molecule has 0 aliphatic heterocycles. The predicted molar refractivity (Wildman–Crippen MR) is 68.2 cm³/mol. The van der Waals surface area contributed by atoms with Gasteiger partial charge in [0.2, 0.25) is 0 Å². The maximum atomic E-state index is 11.0. The minimum absolute atomic E-state index is 0.378. The van der Waals surface area contributed by atoms with Crippen LogP contribution < -0.4 is 0 Å². The lowest BCUT2D eigenvalue weighted by Gasteiger charge is -2.10. The number of carbonyl (C=O) groups is 1. The van der Waals surface area contributed by atoms with Crippen LogP contribution in [-0.2, 0) is 19.3 Å². The molecule has 0 amide bonds. The van der Waals surface area contributed by atoms with Crippen LogP contribution in [0.5, 0.6) is 0 Å². The van der Waals surface area contributed by atoms with Gasteiger partial charge in [0.15, 0.2) is 6.29 Å². The first-order valence-corrected chi connectivity index (χ1v) is 5.77. The van der Waals surface area contributed by atoms with Crippen molar-refractivity contribution in [1.29, 1.82) is 0 Å². The van der Waals surface area contributed by atoms with E-state index in [0.717, 1.165) is 0 Å². The van der Waals surface area contributed by atoms with Gasteiger partial charge in [-0.2, -0.15) is 4.89 Å². The second-order valence-electron chi connectivity index (χ2n) is 3.11. The number of hydrogen-bond donors (Lipinski definition) is 0. The van der Waals surface area contributed by atoms with Crippen molar-refractivity contribution in [3.63, 3.8) is 0 Å². The Balaban J connectivity index is 0. The Morgan fingerprint density at radius 3 is 2.18 bits per heavy atom. The van der Waals surface area contributed by atoms with Crippen LogP contribution in [0.1, 0.15) is 41.0 Å². The maximum Gasteiger partial charge on any atom is 0.368 e. The second-order valence-corrected chi connectivity index (χ2v) is 3.11. The summed E-state index contributed by atoms with van der Waals surface area (Å²) in [6, 6.07) is 0. The van der Waals surface area contributed by atoms with E-state index >= 15 is 0 Å². The molecule has 100 valence electrons. The Morgan fingerprint density at radius 1 is 1.29 bits per heavy atom. The molecule has 0 heterocycles. The summed E-state index contributed by atoms with van der Waals surface area (Å²) in [7, 11) is 0. The summed E-state index contributed by atoms with van der Waals surface area (Å²) in [5.41, 5.74) is 0.378. The molecule has 1 atom stereocenters. The van der Waals surface area contributed by atoms with E-state index in [9.17, 15) is 4.79 Å². The van der Waals surface area contributed by atoms with Gasteiger partial charge in [0.25, 0.3) is 0 Å². The lowest BCUT2D eigenvalue weighted by molar-refractivity contribution is -0.343. The van der Waals surface area contributed by atoms with E-state index in [0.29, 0.717) is 18.6 Å². The number of allylic oxidation sites excluding steroid dienone is 2. The summed E-state index contributed by atoms with van der Waals surface area (Å²) in [5, 5.41) is 0. The van der Waals surface area contributed by atoms with Crippen LogP contribution in [0.15, 0.2) is 24.3 Å². The first-order chi connectivity index (χ1) is 8.03. The van der Waals surface area contributed by atoms with Crippen molar-refractivity contribution < 1.29 is 19.3 Å². The molecule has 0 aromatic rings. The van der Waals surface area contributed by atoms with E-state index < -0.39 is 12.3 Å². The molecule has 0 fully saturated rings. The maximum absolute atomic E-state index is 11.0. The summed E-state index contributed by atoms with van der Waals surface area (Å²) < 4.78 is 4.98. The molecule has 0 spiro atoms. The van der Waals surface area contributed by atoms with Gasteiger partial charge in [-0.15, -0.1) is 0 Å². The highest BCUT2D eigenvalue weighted by Crippen LogP contribution is 2.02. The van der Waals surface area contributed by atoms with E-state index in [-0.39, 0.29) is 0 Å². The Morgan fingerprint density at radius 2 is 1.82 bits per heavy atom. The summed E-state index contributed by atoms with van der Waals surface area (Å²) >= 11 is 0. The molecule has 4 heteroatoms. The zero-order valence-corrected chi connectivity index (χ0v) is 11.5. The normalized spacial score (nSPS) is 11.6. The largest absolute Gasteiger partial charge is 0.368 e. The van der Waals surface area contributed by atoms with Crippen molar-refractivity contribution in [2.24, 2.45) is 0 Å². The highest BCUT2D eigenvalue weighted by Gasteiger charge is 2.10. The molecule has 0 saturated heterocycles. The van der Waals surface area contributed by atoms with Gasteiger partial charge >= 0.3 is 5.97 Å². The molecule has 0 rings (SSSR count). The van der Waals surface area contributed by atoms with Crippen molar-refractivity contribution in [3.05, 3.63) is 24.3 Å². The highest BCUT2D eigenvalue weighted by molar-refractivity contribution is 5.87. The van der Waals surface area contributed by atoms with Crippen LogP contribution in [0.25, 0.3) is 0 Å². The lowest BCUT2D eigenvalue weighted by Crippen LogP contribution is -2.17. The fourth-order valence-electron chi connectivity index (χ4n) is 0.577. The van der Waals surface area contributed by atoms with Gasteiger partial charge in [-0.05, 0) is 34.1 Å². The molecule has 0 saturated carbocycles. The molecule has 0 aliphatic rings. The topological polar surface area (TPSA) is 44.8 Å². The number of hydrogen-bond acceptors (Lipinski definition) is 4. The molecular formula is C13H24O4. The predicted octanol–water partition coefficient (Wildman–Crippen LogP) is 3.39. The Hall–Kier alpha value is -1.13. The van der Waals surface area contributed by atoms with Crippen LogP contribution in [0.4, 0.5) is 0 Å². The Labute approximate surface area is 104 Å². The van der Waals surface area contributed by atoms with E-state index in [1.807, 2.05) is 39.8 Å². The molecule has 0 aliphatic carbocycles. The third-order valence-electron chi connectivity index (χ3n) is 1.71. The highest BCUT2D eigenvalue weighted by atomic mass is 17.2. The average Bonchev–Trinajstić information content (AvgIpc) is 2.35. The SMILES string of the molecule is C=C(CC)C(=O)OOC(C)OCC.CC=CC. The molecule has 17 heavy (non-hydrogen) atoms. The van der Waals surface area contributed by atoms with Gasteiger partial charge in [0.1, 0.15) is 0 Å². The average molecular weight is 244 g/mol.